The molecule has 9 aromatic rings. The fraction of sp³-hybridized carbons (Fsp3) is 0.302. The SMILES string of the molecule is Cc1c(-c2cc(O[C@H](CO)c3ccc(F)cn3)c3c(Cl)cnn3c2)nnn1C1CCN(C#N)CC1.Cc1c(-c2cc(O[C@H](CO)c3ccc(F)cn3)c3c(Cl)cnn3c2)nnn1C1CCN(C#N)CC1.O.O=C(O)c1cc(O)c(O)c(O)c1. The number of phenols is 3. The number of ether oxygens (including phenoxy) is 2. The molecule has 1 aromatic carbocycles. The number of aromatic hydroxyl groups is 3. The Labute approximate surface area is 479 Å². The van der Waals surface area contributed by atoms with Crippen LogP contribution in [0.4, 0.5) is 8.78 Å². The molecule has 432 valence electrons. The zero-order valence-electron chi connectivity index (χ0n) is 44.0. The van der Waals surface area contributed by atoms with Crippen molar-refractivity contribution in [3.63, 3.8) is 0 Å². The second-order valence-corrected chi connectivity index (χ2v) is 19.7. The molecule has 0 saturated carbocycles. The molecule has 26 nitrogen and oxygen atoms in total. The maximum absolute atomic E-state index is 13.3. The summed E-state index contributed by atoms with van der Waals surface area (Å²) in [5.41, 5.74) is 5.97. The van der Waals surface area contributed by atoms with Crippen molar-refractivity contribution in [3.05, 3.63) is 136 Å². The van der Waals surface area contributed by atoms with E-state index >= 15 is 0 Å². The lowest BCUT2D eigenvalue weighted by Gasteiger charge is -2.28. The van der Waals surface area contributed by atoms with Gasteiger partial charge in [0, 0.05) is 49.7 Å². The van der Waals surface area contributed by atoms with Crippen LogP contribution in [0.5, 0.6) is 28.7 Å². The van der Waals surface area contributed by atoms with Gasteiger partial charge < -0.3 is 55.4 Å². The Kier molecular flexibility index (Phi) is 18.7. The second kappa shape index (κ2) is 26.0. The molecule has 0 amide bonds. The fourth-order valence-electron chi connectivity index (χ4n) is 9.44. The number of aromatic carboxylic acids is 1. The van der Waals surface area contributed by atoms with Gasteiger partial charge in [-0.2, -0.15) is 20.7 Å². The molecule has 8 N–H and O–H groups in total. The molecule has 10 heterocycles. The Balaban J connectivity index is 0.000000179. The molecule has 2 atom stereocenters. The second-order valence-electron chi connectivity index (χ2n) is 18.9. The number of carboxylic acids is 1. The first-order valence-electron chi connectivity index (χ1n) is 25.2. The smallest absolute Gasteiger partial charge is 0.335 e. The number of carbonyl (C=O) groups is 1. The van der Waals surface area contributed by atoms with E-state index in [9.17, 15) is 23.8 Å². The third-order valence-corrected chi connectivity index (χ3v) is 14.3. The number of pyridine rings is 4. The number of benzene rings is 1. The van der Waals surface area contributed by atoms with E-state index in [1.807, 2.05) is 23.2 Å². The molecule has 0 bridgehead atoms. The molecule has 2 aliphatic rings. The van der Waals surface area contributed by atoms with Crippen molar-refractivity contribution in [2.75, 3.05) is 39.4 Å². The summed E-state index contributed by atoms with van der Waals surface area (Å²) in [5, 5.41) is 100. The number of phenolic OH excluding ortho intramolecular Hbond substituents is 3. The number of rotatable bonds is 13. The summed E-state index contributed by atoms with van der Waals surface area (Å²) in [6, 6.07) is 11.0. The third kappa shape index (κ3) is 13.0. The minimum absolute atomic E-state index is 0. The van der Waals surface area contributed by atoms with Crippen molar-refractivity contribution in [2.24, 2.45) is 0 Å². The lowest BCUT2D eigenvalue weighted by Crippen LogP contribution is -2.31. The first-order chi connectivity index (χ1) is 39.5. The molecule has 0 aliphatic carbocycles. The lowest BCUT2D eigenvalue weighted by molar-refractivity contribution is 0.0695. The Morgan fingerprint density at radius 3 is 1.41 bits per heavy atom. The average Bonchev–Trinajstić information content (AvgIpc) is 3.67. The van der Waals surface area contributed by atoms with Crippen LogP contribution in [-0.2, 0) is 0 Å². The molecular formula is C53H52Cl2F2N16O10. The van der Waals surface area contributed by atoms with Crippen LogP contribution in [0.3, 0.4) is 0 Å². The lowest BCUT2D eigenvalue weighted by atomic mass is 10.0. The van der Waals surface area contributed by atoms with Gasteiger partial charge in [0.1, 0.15) is 45.6 Å². The highest BCUT2D eigenvalue weighted by Crippen LogP contribution is 2.39. The van der Waals surface area contributed by atoms with E-state index in [0.717, 1.165) is 61.6 Å². The van der Waals surface area contributed by atoms with E-state index in [2.05, 4.69) is 53.2 Å². The predicted molar refractivity (Wildman–Crippen MR) is 290 cm³/mol. The zero-order valence-corrected chi connectivity index (χ0v) is 45.6. The van der Waals surface area contributed by atoms with E-state index in [-0.39, 0.29) is 36.3 Å². The van der Waals surface area contributed by atoms with E-state index in [1.165, 1.54) is 36.7 Å². The van der Waals surface area contributed by atoms with Crippen LogP contribution in [0.15, 0.2) is 85.7 Å². The number of aliphatic hydroxyl groups is 2. The van der Waals surface area contributed by atoms with Crippen molar-refractivity contribution in [1.82, 2.24) is 69.0 Å². The number of carboxylic acid groups (broad SMARTS) is 1. The number of aromatic nitrogens is 12. The Morgan fingerprint density at radius 1 is 0.675 bits per heavy atom. The summed E-state index contributed by atoms with van der Waals surface area (Å²) >= 11 is 12.8. The molecule has 11 rings (SSSR count). The van der Waals surface area contributed by atoms with Gasteiger partial charge in [0.05, 0.1) is 88.5 Å². The standard InChI is InChI=1S/2C23H22ClFN8O2.C7H6O5.H2O/c2*1-14-22(29-30-33(14)17-4-6-31(13-26)7-5-17)15-8-20(23-18(24)10-28-32(23)11-15)35-21(12-34)19-3-2-16(25)9-27-19;8-4-1-3(7(11)12)2-5(9)6(4)10;/h2*2-3,8-11,17,21,34H,4-7,12H2,1H3;1-2,8-10H,(H,11,12);1H2/t2*21-;;/m11../s1. The first-order valence-corrected chi connectivity index (χ1v) is 26.0. The van der Waals surface area contributed by atoms with Crippen LogP contribution in [0.1, 0.15) is 83.1 Å². The molecule has 8 aromatic heterocycles. The fourth-order valence-corrected chi connectivity index (χ4v) is 9.88. The van der Waals surface area contributed by atoms with Gasteiger partial charge in [-0.15, -0.1) is 10.2 Å². The van der Waals surface area contributed by atoms with Gasteiger partial charge in [0.2, 0.25) is 0 Å². The number of hydrogen-bond acceptors (Lipinski definition) is 20. The number of nitrogens with zero attached hydrogens (tertiary/aromatic N) is 16. The minimum atomic E-state index is -1.29. The van der Waals surface area contributed by atoms with E-state index in [0.29, 0.717) is 92.7 Å². The van der Waals surface area contributed by atoms with Crippen LogP contribution in [-0.4, -0.2) is 150 Å². The monoisotopic (exact) mass is 1180 g/mol. The van der Waals surface area contributed by atoms with Crippen molar-refractivity contribution < 1.29 is 59.2 Å². The molecule has 2 aliphatic heterocycles. The number of hydrogen-bond donors (Lipinski definition) is 6. The summed E-state index contributed by atoms with van der Waals surface area (Å²) < 4.78 is 45.9. The Hall–Kier alpha value is -9.45. The van der Waals surface area contributed by atoms with E-state index < -0.39 is 47.1 Å². The molecule has 0 unspecified atom stereocenters. The van der Waals surface area contributed by atoms with Crippen LogP contribution >= 0.6 is 23.2 Å². The van der Waals surface area contributed by atoms with Crippen molar-refractivity contribution in [1.29, 1.82) is 10.5 Å². The van der Waals surface area contributed by atoms with Crippen molar-refractivity contribution >= 4 is 40.2 Å². The molecule has 30 heteroatoms. The van der Waals surface area contributed by atoms with E-state index in [1.54, 1.807) is 43.4 Å². The molecule has 0 radical (unpaired) electrons. The topological polar surface area (TPSA) is 364 Å². The normalized spacial score (nSPS) is 14.3. The molecule has 83 heavy (non-hydrogen) atoms. The molecule has 2 fully saturated rings. The van der Waals surface area contributed by atoms with Crippen LogP contribution in [0.2, 0.25) is 10.0 Å². The zero-order chi connectivity index (χ0) is 58.4. The number of piperidine rings is 2. The molecule has 2 saturated heterocycles. The van der Waals surface area contributed by atoms with Crippen LogP contribution in [0.25, 0.3) is 33.5 Å². The summed E-state index contributed by atoms with van der Waals surface area (Å²) in [6.07, 6.45) is 14.7. The number of halogens is 4. The van der Waals surface area contributed by atoms with E-state index in [4.69, 9.17) is 63.6 Å². The molecular weight excluding hydrogens is 1130 g/mol. The van der Waals surface area contributed by atoms with Crippen molar-refractivity contribution in [3.8, 4) is 63.6 Å². The summed E-state index contributed by atoms with van der Waals surface area (Å²) in [5.74, 6) is -3.56. The van der Waals surface area contributed by atoms with Gasteiger partial charge in [-0.3, -0.25) is 9.97 Å². The summed E-state index contributed by atoms with van der Waals surface area (Å²) in [6.45, 7) is 5.89. The van der Waals surface area contributed by atoms with Gasteiger partial charge in [0.25, 0.3) is 0 Å². The Morgan fingerprint density at radius 2 is 1.07 bits per heavy atom. The first kappa shape index (κ1) is 59.7. The number of nitriles is 2. The van der Waals surface area contributed by atoms with Gasteiger partial charge in [-0.05, 0) is 88.1 Å². The number of fused-ring (bicyclic) bond motifs is 2. The highest BCUT2D eigenvalue weighted by Gasteiger charge is 2.28. The average molecular weight is 1180 g/mol. The minimum Gasteiger partial charge on any atom is -0.504 e. The highest BCUT2D eigenvalue weighted by molar-refractivity contribution is 6.34. The number of aliphatic hydroxyl groups excluding tert-OH is 2. The summed E-state index contributed by atoms with van der Waals surface area (Å²) in [4.78, 5) is 21.9. The maximum atomic E-state index is 13.3. The van der Waals surface area contributed by atoms with Gasteiger partial charge >= 0.3 is 5.97 Å². The third-order valence-electron chi connectivity index (χ3n) is 13.7. The largest absolute Gasteiger partial charge is 0.504 e. The number of likely N-dealkylation sites (tertiary alicyclic amines) is 2. The van der Waals surface area contributed by atoms with Crippen LogP contribution in [0, 0.1) is 48.4 Å². The predicted octanol–water partition coefficient (Wildman–Crippen LogP) is 6.32. The van der Waals surface area contributed by atoms with Crippen LogP contribution < -0.4 is 9.47 Å². The molecule has 0 spiro atoms. The van der Waals surface area contributed by atoms with Gasteiger partial charge in [-0.1, -0.05) is 33.6 Å². The Bertz CT molecular complexity index is 3600. The maximum Gasteiger partial charge on any atom is 0.335 e. The quantitative estimate of drug-likeness (QED) is 0.0543. The van der Waals surface area contributed by atoms with Crippen molar-refractivity contribution in [2.45, 2.75) is 63.8 Å². The van der Waals surface area contributed by atoms with Gasteiger partial charge in [-0.25, -0.2) is 32.0 Å². The summed E-state index contributed by atoms with van der Waals surface area (Å²) in [7, 11) is 0. The van der Waals surface area contributed by atoms with Gasteiger partial charge in [0.15, 0.2) is 41.8 Å². The highest BCUT2D eigenvalue weighted by atomic mass is 35.5.